The molecular formula is C28H23ClN4O2S. The van der Waals surface area contributed by atoms with Crippen molar-refractivity contribution in [1.82, 2.24) is 5.32 Å². The monoisotopic (exact) mass is 514 g/mol. The van der Waals surface area contributed by atoms with Crippen molar-refractivity contribution in [2.45, 2.75) is 12.8 Å². The van der Waals surface area contributed by atoms with Crippen LogP contribution in [-0.2, 0) is 9.59 Å². The van der Waals surface area contributed by atoms with Crippen molar-refractivity contribution in [3.8, 4) is 6.07 Å². The number of amides is 2. The summed E-state index contributed by atoms with van der Waals surface area (Å²) in [7, 11) is 0. The Labute approximate surface area is 219 Å². The summed E-state index contributed by atoms with van der Waals surface area (Å²) in [5, 5.41) is 20.3. The topological polar surface area (TPSA) is 94.0 Å². The number of rotatable bonds is 7. The molecule has 0 fully saturated rings. The van der Waals surface area contributed by atoms with Crippen LogP contribution in [0.5, 0.6) is 0 Å². The summed E-state index contributed by atoms with van der Waals surface area (Å²) < 4.78 is 0. The first kappa shape index (κ1) is 25.1. The number of nitrogens with zero attached hydrogens (tertiary/aromatic N) is 1. The average Bonchev–Trinajstić information content (AvgIpc) is 2.89. The Morgan fingerprint density at radius 1 is 0.944 bits per heavy atom. The summed E-state index contributed by atoms with van der Waals surface area (Å²) in [5.41, 5.74) is 3.57. The van der Waals surface area contributed by atoms with Gasteiger partial charge < -0.3 is 16.0 Å². The molecule has 1 heterocycles. The molecule has 1 aliphatic rings. The van der Waals surface area contributed by atoms with Crippen molar-refractivity contribution in [3.05, 3.63) is 117 Å². The van der Waals surface area contributed by atoms with Gasteiger partial charge in [-0.3, -0.25) is 9.59 Å². The van der Waals surface area contributed by atoms with Gasteiger partial charge in [0, 0.05) is 27.7 Å². The highest BCUT2D eigenvalue weighted by atomic mass is 35.5. The molecule has 3 aromatic carbocycles. The van der Waals surface area contributed by atoms with E-state index in [1.807, 2.05) is 60.7 Å². The van der Waals surface area contributed by atoms with Crippen LogP contribution in [0.25, 0.3) is 0 Å². The Hall–Kier alpha value is -3.99. The van der Waals surface area contributed by atoms with Crippen LogP contribution >= 0.6 is 23.4 Å². The minimum atomic E-state index is -0.581. The molecule has 0 bridgehead atoms. The zero-order chi connectivity index (χ0) is 25.5. The van der Waals surface area contributed by atoms with Crippen LogP contribution in [0, 0.1) is 11.3 Å². The third-order valence-electron chi connectivity index (χ3n) is 5.53. The lowest BCUT2D eigenvalue weighted by molar-refractivity contribution is -0.114. The molecule has 3 aromatic rings. The first-order valence-electron chi connectivity index (χ1n) is 11.2. The number of para-hydroxylation sites is 1. The summed E-state index contributed by atoms with van der Waals surface area (Å²) >= 11 is 7.13. The van der Waals surface area contributed by atoms with Crippen molar-refractivity contribution in [3.63, 3.8) is 0 Å². The number of dihydropyridines is 1. The van der Waals surface area contributed by atoms with E-state index >= 15 is 0 Å². The van der Waals surface area contributed by atoms with E-state index in [-0.39, 0.29) is 17.6 Å². The highest BCUT2D eigenvalue weighted by molar-refractivity contribution is 8.03. The molecule has 0 saturated heterocycles. The highest BCUT2D eigenvalue weighted by Gasteiger charge is 2.34. The number of nitriles is 1. The Kier molecular flexibility index (Phi) is 8.11. The molecule has 6 nitrogen and oxygen atoms in total. The van der Waals surface area contributed by atoms with Crippen LogP contribution < -0.4 is 16.0 Å². The van der Waals surface area contributed by atoms with E-state index in [0.29, 0.717) is 38.3 Å². The molecule has 8 heteroatoms. The number of allylic oxidation sites excluding steroid dienone is 2. The molecule has 0 radical (unpaired) electrons. The van der Waals surface area contributed by atoms with Gasteiger partial charge in [-0.2, -0.15) is 5.26 Å². The van der Waals surface area contributed by atoms with Gasteiger partial charge in [-0.1, -0.05) is 71.9 Å². The first-order chi connectivity index (χ1) is 17.5. The number of carbonyl (C=O) groups excluding carboxylic acids is 2. The zero-order valence-corrected chi connectivity index (χ0v) is 21.0. The molecule has 4 rings (SSSR count). The van der Waals surface area contributed by atoms with Crippen LogP contribution in [0.4, 0.5) is 11.4 Å². The largest absolute Gasteiger partial charge is 0.353 e. The van der Waals surface area contributed by atoms with E-state index in [9.17, 15) is 14.9 Å². The van der Waals surface area contributed by atoms with Gasteiger partial charge in [-0.05, 0) is 48.9 Å². The fourth-order valence-corrected chi connectivity index (χ4v) is 4.91. The van der Waals surface area contributed by atoms with Gasteiger partial charge >= 0.3 is 0 Å². The van der Waals surface area contributed by atoms with E-state index < -0.39 is 5.92 Å². The number of thioether (sulfide) groups is 1. The third kappa shape index (κ3) is 5.98. The lowest BCUT2D eigenvalue weighted by atomic mass is 9.82. The summed E-state index contributed by atoms with van der Waals surface area (Å²) in [6.45, 7) is 1.80. The maximum absolute atomic E-state index is 13.4. The van der Waals surface area contributed by atoms with E-state index in [2.05, 4.69) is 22.0 Å². The van der Waals surface area contributed by atoms with Gasteiger partial charge in [0.25, 0.3) is 5.91 Å². The first-order valence-corrected chi connectivity index (χ1v) is 12.5. The van der Waals surface area contributed by atoms with Crippen LogP contribution in [0.3, 0.4) is 0 Å². The second-order valence-electron chi connectivity index (χ2n) is 8.03. The van der Waals surface area contributed by atoms with E-state index in [0.717, 1.165) is 5.56 Å². The van der Waals surface area contributed by atoms with Gasteiger partial charge in [-0.25, -0.2) is 0 Å². The number of benzene rings is 3. The zero-order valence-electron chi connectivity index (χ0n) is 19.4. The molecule has 0 aromatic heterocycles. The van der Waals surface area contributed by atoms with Gasteiger partial charge in [0.05, 0.1) is 28.3 Å². The highest BCUT2D eigenvalue weighted by Crippen LogP contribution is 2.40. The quantitative estimate of drug-likeness (QED) is 0.357. The molecular weight excluding hydrogens is 492 g/mol. The van der Waals surface area contributed by atoms with Crippen molar-refractivity contribution in [2.24, 2.45) is 0 Å². The number of anilines is 2. The van der Waals surface area contributed by atoms with E-state index in [4.69, 9.17) is 11.6 Å². The molecule has 36 heavy (non-hydrogen) atoms. The molecule has 180 valence electrons. The minimum Gasteiger partial charge on any atom is -0.353 e. The average molecular weight is 515 g/mol. The van der Waals surface area contributed by atoms with Crippen molar-refractivity contribution < 1.29 is 9.59 Å². The fourth-order valence-electron chi connectivity index (χ4n) is 3.89. The Morgan fingerprint density at radius 2 is 1.56 bits per heavy atom. The van der Waals surface area contributed by atoms with Gasteiger partial charge in [0.15, 0.2) is 0 Å². The normalized spacial score (nSPS) is 15.1. The predicted molar refractivity (Wildman–Crippen MR) is 145 cm³/mol. The summed E-state index contributed by atoms with van der Waals surface area (Å²) in [6.07, 6.45) is 0. The Bertz CT molecular complexity index is 1360. The maximum Gasteiger partial charge on any atom is 0.254 e. The smallest absolute Gasteiger partial charge is 0.254 e. The second-order valence-corrected chi connectivity index (χ2v) is 9.45. The molecule has 1 atom stereocenters. The molecule has 2 amide bonds. The van der Waals surface area contributed by atoms with Gasteiger partial charge in [0.1, 0.15) is 0 Å². The number of halogens is 1. The van der Waals surface area contributed by atoms with Crippen molar-refractivity contribution >= 4 is 46.6 Å². The molecule has 1 aliphatic heterocycles. The molecule has 1 unspecified atom stereocenters. The number of hydrogen-bond donors (Lipinski definition) is 3. The van der Waals surface area contributed by atoms with Gasteiger partial charge in [0.2, 0.25) is 5.91 Å². The van der Waals surface area contributed by atoms with E-state index in [1.165, 1.54) is 11.8 Å². The molecule has 0 saturated carbocycles. The lowest BCUT2D eigenvalue weighted by Gasteiger charge is -2.29. The number of nitrogens with one attached hydrogen (secondary N) is 3. The van der Waals surface area contributed by atoms with Crippen LogP contribution in [-0.4, -0.2) is 17.6 Å². The lowest BCUT2D eigenvalue weighted by Crippen LogP contribution is -2.31. The Morgan fingerprint density at radius 3 is 2.19 bits per heavy atom. The summed E-state index contributed by atoms with van der Waals surface area (Å²) in [6, 6.07) is 27.7. The number of hydrogen-bond acceptors (Lipinski definition) is 5. The maximum atomic E-state index is 13.4. The summed E-state index contributed by atoms with van der Waals surface area (Å²) in [5.74, 6) is -1.02. The second kappa shape index (κ2) is 11.6. The minimum absolute atomic E-state index is 0.0798. The fraction of sp³-hybridized carbons (Fsp3) is 0.107. The Balaban J connectivity index is 1.60. The van der Waals surface area contributed by atoms with Crippen molar-refractivity contribution in [2.75, 3.05) is 16.4 Å². The van der Waals surface area contributed by atoms with Crippen LogP contribution in [0.2, 0.25) is 5.02 Å². The van der Waals surface area contributed by atoms with Gasteiger partial charge in [-0.15, -0.1) is 0 Å². The molecule has 0 aliphatic carbocycles. The summed E-state index contributed by atoms with van der Waals surface area (Å²) in [4.78, 5) is 26.0. The SMILES string of the molecule is CC1=C(C(=O)Nc2ccccc2)C(c2ccccc2)C(C#N)=C(SCC(=O)Nc2ccc(Cl)cc2)N1. The third-order valence-corrected chi connectivity index (χ3v) is 6.80. The van der Waals surface area contributed by atoms with Crippen molar-refractivity contribution in [1.29, 1.82) is 5.26 Å². The van der Waals surface area contributed by atoms with E-state index in [1.54, 1.807) is 31.2 Å². The standard InChI is InChI=1S/C28H23ClN4O2S/c1-18-25(27(35)33-21-10-6-3-7-11-21)26(19-8-4-2-5-9-19)23(16-30)28(31-18)36-17-24(34)32-22-14-12-20(29)13-15-22/h2-15,26,31H,17H2,1H3,(H,32,34)(H,33,35). The van der Waals surface area contributed by atoms with Crippen LogP contribution in [0.1, 0.15) is 18.4 Å². The molecule has 3 N–H and O–H groups in total. The molecule has 0 spiro atoms. The van der Waals surface area contributed by atoms with Crippen LogP contribution in [0.15, 0.2) is 107 Å². The number of carbonyl (C=O) groups is 2. The predicted octanol–water partition coefficient (Wildman–Crippen LogP) is 6.05.